The van der Waals surface area contributed by atoms with Gasteiger partial charge in [0.05, 0.1) is 0 Å². The molecule has 0 unspecified atom stereocenters. The van der Waals surface area contributed by atoms with Gasteiger partial charge in [0.15, 0.2) is 0 Å². The van der Waals surface area contributed by atoms with Crippen molar-refractivity contribution in [3.05, 3.63) is 54.1 Å². The van der Waals surface area contributed by atoms with Crippen molar-refractivity contribution < 1.29 is 5.11 Å². The third-order valence-electron chi connectivity index (χ3n) is 2.24. The fraction of sp³-hybridized carbons (Fsp3) is 0. The molecule has 0 amide bonds. The molecule has 2 nitrogen and oxygen atoms in total. The van der Waals surface area contributed by atoms with Crippen LogP contribution < -0.4 is 0 Å². The van der Waals surface area contributed by atoms with Gasteiger partial charge in [-0.3, -0.25) is 0 Å². The Morgan fingerprint density at radius 2 is 1.67 bits per heavy atom. The number of nitrogens with zero attached hydrogens (tertiary/aromatic N) is 1. The first kappa shape index (κ1) is 9.29. The maximum atomic E-state index is 9.53. The smallest absolute Gasteiger partial charge is 0.133 e. The molecule has 1 N–H and O–H groups in total. The van der Waals surface area contributed by atoms with Crippen LogP contribution in [-0.2, 0) is 0 Å². The summed E-state index contributed by atoms with van der Waals surface area (Å²) in [4.78, 5) is 0. The Balaban J connectivity index is 2.65. The molecular weight excluding hydrogens is 186 g/mol. The summed E-state index contributed by atoms with van der Waals surface area (Å²) in [5.74, 6) is 0.0267. The second-order valence-corrected chi connectivity index (χ2v) is 3.18. The van der Waals surface area contributed by atoms with E-state index in [4.69, 9.17) is 5.26 Å². The lowest BCUT2D eigenvalue weighted by Gasteiger charge is -2.04. The number of hydrogen-bond donors (Lipinski definition) is 1. The lowest BCUT2D eigenvalue weighted by atomic mass is 10.00. The Morgan fingerprint density at radius 1 is 0.933 bits per heavy atom. The van der Waals surface area contributed by atoms with Gasteiger partial charge >= 0.3 is 0 Å². The van der Waals surface area contributed by atoms with Gasteiger partial charge in [-0.05, 0) is 11.6 Å². The number of rotatable bonds is 1. The summed E-state index contributed by atoms with van der Waals surface area (Å²) in [5.41, 5.74) is 2.02. The highest BCUT2D eigenvalue weighted by atomic mass is 16.3. The van der Waals surface area contributed by atoms with Gasteiger partial charge in [0.25, 0.3) is 0 Å². The van der Waals surface area contributed by atoms with Crippen molar-refractivity contribution in [2.45, 2.75) is 0 Å². The zero-order valence-electron chi connectivity index (χ0n) is 8.01. The van der Waals surface area contributed by atoms with Gasteiger partial charge in [-0.2, -0.15) is 5.26 Å². The second-order valence-electron chi connectivity index (χ2n) is 3.18. The SMILES string of the molecule is N#Cc1c(O)cccc1-c1ccccc1. The van der Waals surface area contributed by atoms with Gasteiger partial charge in [-0.1, -0.05) is 42.5 Å². The Kier molecular flexibility index (Phi) is 2.38. The minimum absolute atomic E-state index is 0.0267. The highest BCUT2D eigenvalue weighted by molar-refractivity contribution is 5.73. The van der Waals surface area contributed by atoms with Crippen molar-refractivity contribution in [2.75, 3.05) is 0 Å². The summed E-state index contributed by atoms with van der Waals surface area (Å²) in [5, 5.41) is 18.5. The molecule has 2 aromatic carbocycles. The fourth-order valence-electron chi connectivity index (χ4n) is 1.52. The molecule has 0 aromatic heterocycles. The molecule has 0 aliphatic heterocycles. The van der Waals surface area contributed by atoms with E-state index in [1.54, 1.807) is 6.07 Å². The molecule has 15 heavy (non-hydrogen) atoms. The van der Waals surface area contributed by atoms with Gasteiger partial charge < -0.3 is 5.11 Å². The van der Waals surface area contributed by atoms with Crippen LogP contribution in [0.2, 0.25) is 0 Å². The van der Waals surface area contributed by atoms with Crippen molar-refractivity contribution in [2.24, 2.45) is 0 Å². The predicted molar refractivity (Wildman–Crippen MR) is 58.3 cm³/mol. The summed E-state index contributed by atoms with van der Waals surface area (Å²) in [6.45, 7) is 0. The molecule has 0 atom stereocenters. The van der Waals surface area contributed by atoms with Crippen molar-refractivity contribution in [1.29, 1.82) is 5.26 Å². The van der Waals surface area contributed by atoms with Crippen LogP contribution in [0.25, 0.3) is 11.1 Å². The normalized spacial score (nSPS) is 9.53. The summed E-state index contributed by atoms with van der Waals surface area (Å²) in [6.07, 6.45) is 0. The van der Waals surface area contributed by atoms with Crippen LogP contribution in [0.5, 0.6) is 5.75 Å². The summed E-state index contributed by atoms with van der Waals surface area (Å²) < 4.78 is 0. The fourth-order valence-corrected chi connectivity index (χ4v) is 1.52. The van der Waals surface area contributed by atoms with E-state index in [1.807, 2.05) is 42.5 Å². The number of nitriles is 1. The first-order valence-corrected chi connectivity index (χ1v) is 4.60. The Morgan fingerprint density at radius 3 is 2.33 bits per heavy atom. The van der Waals surface area contributed by atoms with Crippen LogP contribution in [-0.4, -0.2) is 5.11 Å². The van der Waals surface area contributed by atoms with Crippen LogP contribution >= 0.6 is 0 Å². The molecule has 0 aliphatic rings. The number of benzene rings is 2. The van der Waals surface area contributed by atoms with Crippen LogP contribution in [0.15, 0.2) is 48.5 Å². The van der Waals surface area contributed by atoms with E-state index < -0.39 is 0 Å². The molecule has 0 saturated heterocycles. The highest BCUT2D eigenvalue weighted by Gasteiger charge is 2.07. The van der Waals surface area contributed by atoms with Crippen LogP contribution in [0.1, 0.15) is 5.56 Å². The third kappa shape index (κ3) is 1.68. The number of phenolic OH excluding ortho intramolecular Hbond substituents is 1. The van der Waals surface area contributed by atoms with E-state index >= 15 is 0 Å². The van der Waals surface area contributed by atoms with Crippen molar-refractivity contribution in [3.8, 4) is 22.9 Å². The van der Waals surface area contributed by atoms with Crippen molar-refractivity contribution in [1.82, 2.24) is 0 Å². The van der Waals surface area contributed by atoms with Crippen LogP contribution in [0, 0.1) is 11.3 Å². The summed E-state index contributed by atoms with van der Waals surface area (Å²) >= 11 is 0. The average molecular weight is 195 g/mol. The van der Waals surface area contributed by atoms with Gasteiger partial charge in [0.2, 0.25) is 0 Å². The Labute approximate surface area is 88.0 Å². The lowest BCUT2D eigenvalue weighted by Crippen LogP contribution is -1.84. The Bertz CT molecular complexity index is 512. The topological polar surface area (TPSA) is 44.0 Å². The molecular formula is C13H9NO. The quantitative estimate of drug-likeness (QED) is 0.760. The summed E-state index contributed by atoms with van der Waals surface area (Å²) in [6, 6.07) is 16.6. The molecule has 0 bridgehead atoms. The monoisotopic (exact) mass is 195 g/mol. The van der Waals surface area contributed by atoms with E-state index in [1.165, 1.54) is 6.07 Å². The molecule has 0 fully saturated rings. The molecule has 0 saturated carbocycles. The summed E-state index contributed by atoms with van der Waals surface area (Å²) in [7, 11) is 0. The molecule has 0 radical (unpaired) electrons. The van der Waals surface area contributed by atoms with Gasteiger partial charge in [-0.15, -0.1) is 0 Å². The van der Waals surface area contributed by atoms with E-state index in [0.29, 0.717) is 5.56 Å². The molecule has 0 heterocycles. The van der Waals surface area contributed by atoms with E-state index in [2.05, 4.69) is 0 Å². The minimum atomic E-state index is 0.0267. The molecule has 0 aliphatic carbocycles. The van der Waals surface area contributed by atoms with Crippen LogP contribution in [0.3, 0.4) is 0 Å². The lowest BCUT2D eigenvalue weighted by molar-refractivity contribution is 0.474. The maximum Gasteiger partial charge on any atom is 0.133 e. The molecule has 2 aromatic rings. The van der Waals surface area contributed by atoms with Crippen molar-refractivity contribution >= 4 is 0 Å². The van der Waals surface area contributed by atoms with Gasteiger partial charge in [0.1, 0.15) is 17.4 Å². The molecule has 72 valence electrons. The standard InChI is InChI=1S/C13H9NO/c14-9-12-11(7-4-8-13(12)15)10-5-2-1-3-6-10/h1-8,15H. The van der Waals surface area contributed by atoms with Gasteiger partial charge in [-0.25, -0.2) is 0 Å². The van der Waals surface area contributed by atoms with Gasteiger partial charge in [0, 0.05) is 5.56 Å². The third-order valence-corrected chi connectivity index (χ3v) is 2.24. The van der Waals surface area contributed by atoms with Crippen molar-refractivity contribution in [3.63, 3.8) is 0 Å². The highest BCUT2D eigenvalue weighted by Crippen LogP contribution is 2.28. The number of aromatic hydroxyl groups is 1. The van der Waals surface area contributed by atoms with E-state index in [9.17, 15) is 5.11 Å². The minimum Gasteiger partial charge on any atom is -0.507 e. The second kappa shape index (κ2) is 3.85. The van der Waals surface area contributed by atoms with E-state index in [0.717, 1.165) is 11.1 Å². The first-order valence-electron chi connectivity index (χ1n) is 4.60. The molecule has 2 heteroatoms. The first-order chi connectivity index (χ1) is 7.33. The largest absolute Gasteiger partial charge is 0.507 e. The predicted octanol–water partition coefficient (Wildman–Crippen LogP) is 2.93. The molecule has 2 rings (SSSR count). The maximum absolute atomic E-state index is 9.53. The van der Waals surface area contributed by atoms with Crippen LogP contribution in [0.4, 0.5) is 0 Å². The molecule has 0 spiro atoms. The zero-order valence-corrected chi connectivity index (χ0v) is 8.01. The number of hydrogen-bond acceptors (Lipinski definition) is 2. The Hall–Kier alpha value is -2.27. The average Bonchev–Trinajstić information content (AvgIpc) is 2.30. The zero-order chi connectivity index (χ0) is 10.7. The van der Waals surface area contributed by atoms with E-state index in [-0.39, 0.29) is 5.75 Å². The number of phenols is 1.